The van der Waals surface area contributed by atoms with Crippen LogP contribution in [-0.4, -0.2) is 18.5 Å². The molecule has 0 amide bonds. The van der Waals surface area contributed by atoms with Crippen molar-refractivity contribution < 1.29 is 9.53 Å². The minimum absolute atomic E-state index is 0.0370. The zero-order chi connectivity index (χ0) is 9.84. The Morgan fingerprint density at radius 1 is 1.69 bits per heavy atom. The number of carbonyl (C=O) groups excluding carboxylic acids is 1. The van der Waals surface area contributed by atoms with Crippen molar-refractivity contribution in [1.29, 1.82) is 0 Å². The van der Waals surface area contributed by atoms with Crippen LogP contribution in [-0.2, 0) is 4.74 Å². The summed E-state index contributed by atoms with van der Waals surface area (Å²) in [6.07, 6.45) is -0.351. The SMILES string of the molecule is CCOC(C)C(=O)c1cscc1Br. The van der Waals surface area contributed by atoms with E-state index in [1.54, 1.807) is 6.92 Å². The molecular formula is C9H11BrO2S. The van der Waals surface area contributed by atoms with Gasteiger partial charge < -0.3 is 4.74 Å². The van der Waals surface area contributed by atoms with Gasteiger partial charge in [0.25, 0.3) is 0 Å². The first-order valence-electron chi connectivity index (χ1n) is 4.04. The Morgan fingerprint density at radius 3 is 2.85 bits per heavy atom. The molecule has 0 aliphatic rings. The lowest BCUT2D eigenvalue weighted by Crippen LogP contribution is -2.20. The molecule has 2 nitrogen and oxygen atoms in total. The van der Waals surface area contributed by atoms with Crippen molar-refractivity contribution in [3.05, 3.63) is 20.8 Å². The molecule has 0 fully saturated rings. The van der Waals surface area contributed by atoms with Crippen molar-refractivity contribution in [2.24, 2.45) is 0 Å². The van der Waals surface area contributed by atoms with E-state index < -0.39 is 0 Å². The van der Waals surface area contributed by atoms with Gasteiger partial charge in [-0.05, 0) is 29.8 Å². The summed E-state index contributed by atoms with van der Waals surface area (Å²) < 4.78 is 6.07. The van der Waals surface area contributed by atoms with Crippen LogP contribution < -0.4 is 0 Å². The number of Topliss-reactive ketones (excluding diaryl/α,β-unsaturated/α-hetero) is 1. The van der Waals surface area contributed by atoms with Gasteiger partial charge in [0.15, 0.2) is 5.78 Å². The van der Waals surface area contributed by atoms with Crippen molar-refractivity contribution in [3.63, 3.8) is 0 Å². The molecule has 1 unspecified atom stereocenters. The third kappa shape index (κ3) is 2.62. The third-order valence-electron chi connectivity index (χ3n) is 1.67. The number of thiophene rings is 1. The molecule has 0 spiro atoms. The van der Waals surface area contributed by atoms with E-state index in [0.29, 0.717) is 12.2 Å². The molecule has 0 aliphatic carbocycles. The van der Waals surface area contributed by atoms with Crippen LogP contribution in [0.4, 0.5) is 0 Å². The number of carbonyl (C=O) groups is 1. The summed E-state index contributed by atoms with van der Waals surface area (Å²) in [5.41, 5.74) is 0.714. The van der Waals surface area contributed by atoms with E-state index in [2.05, 4.69) is 15.9 Å². The molecule has 0 aromatic carbocycles. The molecule has 0 radical (unpaired) electrons. The fourth-order valence-electron chi connectivity index (χ4n) is 1.00. The van der Waals surface area contributed by atoms with E-state index in [-0.39, 0.29) is 11.9 Å². The molecule has 72 valence electrons. The van der Waals surface area contributed by atoms with Crippen LogP contribution in [0.25, 0.3) is 0 Å². The molecule has 1 aromatic heterocycles. The van der Waals surface area contributed by atoms with E-state index in [0.717, 1.165) is 4.47 Å². The molecule has 1 atom stereocenters. The first-order chi connectivity index (χ1) is 6.16. The third-order valence-corrected chi connectivity index (χ3v) is 3.37. The van der Waals surface area contributed by atoms with Crippen LogP contribution in [0, 0.1) is 0 Å². The van der Waals surface area contributed by atoms with Crippen LogP contribution >= 0.6 is 27.3 Å². The zero-order valence-electron chi connectivity index (χ0n) is 7.54. The number of ketones is 1. The van der Waals surface area contributed by atoms with E-state index in [1.165, 1.54) is 11.3 Å². The lowest BCUT2D eigenvalue weighted by molar-refractivity contribution is 0.0520. The molecule has 0 saturated carbocycles. The van der Waals surface area contributed by atoms with Gasteiger partial charge in [-0.2, -0.15) is 11.3 Å². The van der Waals surface area contributed by atoms with E-state index in [1.807, 2.05) is 17.7 Å². The molecule has 4 heteroatoms. The van der Waals surface area contributed by atoms with Gasteiger partial charge in [-0.3, -0.25) is 4.79 Å². The Kier molecular flexibility index (Phi) is 4.09. The molecule has 0 N–H and O–H groups in total. The minimum Gasteiger partial charge on any atom is -0.371 e. The fourth-order valence-corrected chi connectivity index (χ4v) is 2.48. The van der Waals surface area contributed by atoms with Crippen LogP contribution in [0.3, 0.4) is 0 Å². The Balaban J connectivity index is 2.73. The summed E-state index contributed by atoms with van der Waals surface area (Å²) in [4.78, 5) is 11.7. The second kappa shape index (κ2) is 4.88. The maximum absolute atomic E-state index is 11.7. The Labute approximate surface area is 90.0 Å². The van der Waals surface area contributed by atoms with Crippen LogP contribution in [0.5, 0.6) is 0 Å². The van der Waals surface area contributed by atoms with Gasteiger partial charge in [0.05, 0.1) is 0 Å². The highest BCUT2D eigenvalue weighted by molar-refractivity contribution is 9.10. The minimum atomic E-state index is -0.351. The Morgan fingerprint density at radius 2 is 2.38 bits per heavy atom. The summed E-state index contributed by atoms with van der Waals surface area (Å²) in [5, 5.41) is 3.73. The number of hydrogen-bond acceptors (Lipinski definition) is 3. The van der Waals surface area contributed by atoms with Gasteiger partial charge in [-0.15, -0.1) is 0 Å². The molecule has 13 heavy (non-hydrogen) atoms. The average Bonchev–Trinajstić information content (AvgIpc) is 2.50. The van der Waals surface area contributed by atoms with Gasteiger partial charge in [0.1, 0.15) is 6.10 Å². The average molecular weight is 263 g/mol. The Bertz CT molecular complexity index is 296. The van der Waals surface area contributed by atoms with E-state index in [4.69, 9.17) is 4.74 Å². The summed E-state index contributed by atoms with van der Waals surface area (Å²) in [6.45, 7) is 4.22. The van der Waals surface area contributed by atoms with Gasteiger partial charge >= 0.3 is 0 Å². The van der Waals surface area contributed by atoms with Gasteiger partial charge in [-0.1, -0.05) is 0 Å². The maximum atomic E-state index is 11.7. The predicted molar refractivity (Wildman–Crippen MR) is 57.4 cm³/mol. The van der Waals surface area contributed by atoms with Crippen molar-refractivity contribution in [3.8, 4) is 0 Å². The van der Waals surface area contributed by atoms with Crippen LogP contribution in [0.1, 0.15) is 24.2 Å². The molecule has 1 heterocycles. The number of ether oxygens (including phenoxy) is 1. The first-order valence-corrected chi connectivity index (χ1v) is 5.78. The van der Waals surface area contributed by atoms with Gasteiger partial charge in [0, 0.05) is 27.4 Å². The molecule has 0 bridgehead atoms. The molecule has 1 rings (SSSR count). The number of halogens is 1. The van der Waals surface area contributed by atoms with Crippen molar-refractivity contribution >= 4 is 33.0 Å². The lowest BCUT2D eigenvalue weighted by Gasteiger charge is -2.09. The number of hydrogen-bond donors (Lipinski definition) is 0. The topological polar surface area (TPSA) is 26.3 Å². The fraction of sp³-hybridized carbons (Fsp3) is 0.444. The smallest absolute Gasteiger partial charge is 0.193 e. The quantitative estimate of drug-likeness (QED) is 0.780. The molecular weight excluding hydrogens is 252 g/mol. The second-order valence-corrected chi connectivity index (χ2v) is 4.19. The second-order valence-electron chi connectivity index (χ2n) is 2.60. The zero-order valence-corrected chi connectivity index (χ0v) is 9.94. The van der Waals surface area contributed by atoms with Gasteiger partial charge in [-0.25, -0.2) is 0 Å². The van der Waals surface area contributed by atoms with Crippen molar-refractivity contribution in [2.45, 2.75) is 20.0 Å². The highest BCUT2D eigenvalue weighted by atomic mass is 79.9. The summed E-state index contributed by atoms with van der Waals surface area (Å²) in [7, 11) is 0. The highest BCUT2D eigenvalue weighted by Crippen LogP contribution is 2.23. The first kappa shape index (κ1) is 10.9. The van der Waals surface area contributed by atoms with Crippen LogP contribution in [0.15, 0.2) is 15.2 Å². The highest BCUT2D eigenvalue weighted by Gasteiger charge is 2.17. The summed E-state index contributed by atoms with van der Waals surface area (Å²) in [5.74, 6) is 0.0370. The lowest BCUT2D eigenvalue weighted by atomic mass is 10.1. The van der Waals surface area contributed by atoms with E-state index >= 15 is 0 Å². The van der Waals surface area contributed by atoms with Crippen LogP contribution in [0.2, 0.25) is 0 Å². The summed E-state index contributed by atoms with van der Waals surface area (Å²) in [6, 6.07) is 0. The van der Waals surface area contributed by atoms with Crippen molar-refractivity contribution in [1.82, 2.24) is 0 Å². The summed E-state index contributed by atoms with van der Waals surface area (Å²) >= 11 is 4.83. The normalized spacial score (nSPS) is 12.8. The standard InChI is InChI=1S/C9H11BrO2S/c1-3-12-6(2)9(11)7-4-13-5-8(7)10/h4-6H,3H2,1-2H3. The largest absolute Gasteiger partial charge is 0.371 e. The Hall–Kier alpha value is -0.190. The number of rotatable bonds is 4. The molecule has 0 saturated heterocycles. The molecule has 0 aliphatic heterocycles. The van der Waals surface area contributed by atoms with Gasteiger partial charge in [0.2, 0.25) is 0 Å². The molecule has 1 aromatic rings. The predicted octanol–water partition coefficient (Wildman–Crippen LogP) is 3.12. The monoisotopic (exact) mass is 262 g/mol. The van der Waals surface area contributed by atoms with E-state index in [9.17, 15) is 4.79 Å². The maximum Gasteiger partial charge on any atom is 0.193 e. The van der Waals surface area contributed by atoms with Crippen molar-refractivity contribution in [2.75, 3.05) is 6.61 Å².